The van der Waals surface area contributed by atoms with Crippen LogP contribution in [-0.2, 0) is 0 Å². The molecule has 1 heterocycles. The van der Waals surface area contributed by atoms with Gasteiger partial charge in [-0.25, -0.2) is 0 Å². The number of anilines is 1. The van der Waals surface area contributed by atoms with Crippen molar-refractivity contribution in [2.45, 2.75) is 31.8 Å². The van der Waals surface area contributed by atoms with Crippen LogP contribution in [0.3, 0.4) is 0 Å². The monoisotopic (exact) mass is 320 g/mol. The van der Waals surface area contributed by atoms with Crippen molar-refractivity contribution in [1.82, 2.24) is 4.98 Å². The molecule has 4 rings (SSSR count). The summed E-state index contributed by atoms with van der Waals surface area (Å²) < 4.78 is 5.95. The van der Waals surface area contributed by atoms with Gasteiger partial charge in [-0.2, -0.15) is 0 Å². The first-order valence-corrected chi connectivity index (χ1v) is 8.44. The van der Waals surface area contributed by atoms with Gasteiger partial charge in [0.1, 0.15) is 5.75 Å². The molecule has 1 aliphatic carbocycles. The van der Waals surface area contributed by atoms with E-state index in [-0.39, 0.29) is 5.91 Å². The number of hydrogen-bond acceptors (Lipinski definition) is 2. The molecule has 0 atom stereocenters. The van der Waals surface area contributed by atoms with Gasteiger partial charge in [-0.05, 0) is 68.1 Å². The molecule has 0 unspecified atom stereocenters. The quantitative estimate of drug-likeness (QED) is 0.729. The summed E-state index contributed by atoms with van der Waals surface area (Å²) in [6.45, 7) is 0. The van der Waals surface area contributed by atoms with Crippen molar-refractivity contribution in [3.63, 3.8) is 0 Å². The fraction of sp³-hybridized carbons (Fsp3) is 0.250. The van der Waals surface area contributed by atoms with Crippen molar-refractivity contribution in [3.05, 3.63) is 60.3 Å². The van der Waals surface area contributed by atoms with Crippen molar-refractivity contribution in [2.24, 2.45) is 0 Å². The van der Waals surface area contributed by atoms with Crippen LogP contribution in [0.4, 0.5) is 5.69 Å². The molecule has 0 bridgehead atoms. The Kier molecular flexibility index (Phi) is 3.95. The predicted molar refractivity (Wildman–Crippen MR) is 95.6 cm³/mol. The fourth-order valence-electron chi connectivity index (χ4n) is 3.30. The average molecular weight is 320 g/mol. The maximum Gasteiger partial charge on any atom is 0.256 e. The zero-order chi connectivity index (χ0) is 16.4. The van der Waals surface area contributed by atoms with Gasteiger partial charge in [-0.1, -0.05) is 6.07 Å². The van der Waals surface area contributed by atoms with Crippen molar-refractivity contribution in [3.8, 4) is 5.75 Å². The Bertz CT molecular complexity index is 845. The third kappa shape index (κ3) is 3.00. The van der Waals surface area contributed by atoms with Crippen LogP contribution in [0.1, 0.15) is 36.0 Å². The first kappa shape index (κ1) is 14.8. The first-order chi connectivity index (χ1) is 11.8. The van der Waals surface area contributed by atoms with E-state index in [0.717, 1.165) is 35.2 Å². The molecule has 1 amide bonds. The molecule has 4 nitrogen and oxygen atoms in total. The highest BCUT2D eigenvalue weighted by molar-refractivity contribution is 6.12. The lowest BCUT2D eigenvalue weighted by Gasteiger charge is -2.13. The SMILES string of the molecule is O=C(Nc1ccc(OC2CCCC2)cc1)c1cccc2[nH]ccc12. The van der Waals surface area contributed by atoms with Gasteiger partial charge >= 0.3 is 0 Å². The summed E-state index contributed by atoms with van der Waals surface area (Å²) in [5.41, 5.74) is 2.40. The van der Waals surface area contributed by atoms with Crippen molar-refractivity contribution >= 4 is 22.5 Å². The van der Waals surface area contributed by atoms with Gasteiger partial charge in [0.25, 0.3) is 5.91 Å². The third-order valence-electron chi connectivity index (χ3n) is 4.56. The molecule has 1 aliphatic rings. The minimum atomic E-state index is -0.107. The zero-order valence-corrected chi connectivity index (χ0v) is 13.4. The van der Waals surface area contributed by atoms with E-state index >= 15 is 0 Å². The van der Waals surface area contributed by atoms with E-state index in [1.54, 1.807) is 0 Å². The third-order valence-corrected chi connectivity index (χ3v) is 4.56. The summed E-state index contributed by atoms with van der Waals surface area (Å²) in [4.78, 5) is 15.7. The number of carbonyl (C=O) groups is 1. The Morgan fingerprint density at radius 2 is 1.83 bits per heavy atom. The van der Waals surface area contributed by atoms with E-state index in [9.17, 15) is 4.79 Å². The molecule has 1 fully saturated rings. The topological polar surface area (TPSA) is 54.1 Å². The molecule has 0 aliphatic heterocycles. The lowest BCUT2D eigenvalue weighted by molar-refractivity contribution is 0.102. The molecular weight excluding hydrogens is 300 g/mol. The summed E-state index contributed by atoms with van der Waals surface area (Å²) in [6, 6.07) is 15.2. The largest absolute Gasteiger partial charge is 0.490 e. The Morgan fingerprint density at radius 3 is 2.62 bits per heavy atom. The number of aromatic amines is 1. The Balaban J connectivity index is 1.46. The van der Waals surface area contributed by atoms with Crippen molar-refractivity contribution in [1.29, 1.82) is 0 Å². The second-order valence-corrected chi connectivity index (χ2v) is 6.25. The first-order valence-electron chi connectivity index (χ1n) is 8.44. The van der Waals surface area contributed by atoms with E-state index in [4.69, 9.17) is 4.74 Å². The number of H-pyrrole nitrogens is 1. The summed E-state index contributed by atoms with van der Waals surface area (Å²) in [5.74, 6) is 0.761. The minimum Gasteiger partial charge on any atom is -0.490 e. The highest BCUT2D eigenvalue weighted by Gasteiger charge is 2.16. The minimum absolute atomic E-state index is 0.107. The van der Waals surface area contributed by atoms with Crippen LogP contribution in [0.15, 0.2) is 54.7 Å². The number of rotatable bonds is 4. The van der Waals surface area contributed by atoms with Crippen LogP contribution >= 0.6 is 0 Å². The zero-order valence-electron chi connectivity index (χ0n) is 13.4. The van der Waals surface area contributed by atoms with Crippen LogP contribution < -0.4 is 10.1 Å². The predicted octanol–water partition coefficient (Wildman–Crippen LogP) is 4.74. The summed E-state index contributed by atoms with van der Waals surface area (Å²) in [5, 5.41) is 3.88. The van der Waals surface area contributed by atoms with Gasteiger partial charge < -0.3 is 15.0 Å². The molecule has 2 aromatic carbocycles. The van der Waals surface area contributed by atoms with E-state index < -0.39 is 0 Å². The van der Waals surface area contributed by atoms with E-state index in [0.29, 0.717) is 11.7 Å². The number of amides is 1. The van der Waals surface area contributed by atoms with Crippen molar-refractivity contribution < 1.29 is 9.53 Å². The van der Waals surface area contributed by atoms with E-state index in [1.807, 2.05) is 54.7 Å². The highest BCUT2D eigenvalue weighted by atomic mass is 16.5. The fourth-order valence-corrected chi connectivity index (χ4v) is 3.30. The van der Waals surface area contributed by atoms with Crippen LogP contribution in [-0.4, -0.2) is 17.0 Å². The molecule has 0 saturated heterocycles. The van der Waals surface area contributed by atoms with Gasteiger partial charge in [0.05, 0.1) is 6.10 Å². The number of carbonyl (C=O) groups excluding carboxylic acids is 1. The Labute approximate surface area is 140 Å². The maximum absolute atomic E-state index is 12.5. The molecule has 4 heteroatoms. The van der Waals surface area contributed by atoms with Gasteiger partial charge in [-0.15, -0.1) is 0 Å². The molecule has 3 aromatic rings. The van der Waals surface area contributed by atoms with Crippen LogP contribution in [0.25, 0.3) is 10.9 Å². The number of nitrogens with one attached hydrogen (secondary N) is 2. The number of aromatic nitrogens is 1. The van der Waals surface area contributed by atoms with Crippen LogP contribution in [0, 0.1) is 0 Å². The molecular formula is C20H20N2O2. The van der Waals surface area contributed by atoms with Crippen LogP contribution in [0.2, 0.25) is 0 Å². The van der Waals surface area contributed by atoms with E-state index in [2.05, 4.69) is 10.3 Å². The summed E-state index contributed by atoms with van der Waals surface area (Å²) in [6.07, 6.45) is 6.97. The molecule has 0 radical (unpaired) electrons. The molecule has 1 aromatic heterocycles. The number of fused-ring (bicyclic) bond motifs is 1. The summed E-state index contributed by atoms with van der Waals surface area (Å²) >= 11 is 0. The lowest BCUT2D eigenvalue weighted by atomic mass is 10.1. The number of benzene rings is 2. The maximum atomic E-state index is 12.5. The van der Waals surface area contributed by atoms with Crippen LogP contribution in [0.5, 0.6) is 5.75 Å². The van der Waals surface area contributed by atoms with Crippen molar-refractivity contribution in [2.75, 3.05) is 5.32 Å². The Morgan fingerprint density at radius 1 is 1.04 bits per heavy atom. The second-order valence-electron chi connectivity index (χ2n) is 6.25. The molecule has 0 spiro atoms. The Hall–Kier alpha value is -2.75. The smallest absolute Gasteiger partial charge is 0.256 e. The molecule has 24 heavy (non-hydrogen) atoms. The van der Waals surface area contributed by atoms with Gasteiger partial charge in [0.15, 0.2) is 0 Å². The van der Waals surface area contributed by atoms with Gasteiger partial charge in [-0.3, -0.25) is 4.79 Å². The van der Waals surface area contributed by atoms with Gasteiger partial charge in [0.2, 0.25) is 0 Å². The average Bonchev–Trinajstić information content (AvgIpc) is 3.27. The molecule has 2 N–H and O–H groups in total. The highest BCUT2D eigenvalue weighted by Crippen LogP contribution is 2.25. The second kappa shape index (κ2) is 6.40. The molecule has 1 saturated carbocycles. The van der Waals surface area contributed by atoms with E-state index in [1.165, 1.54) is 12.8 Å². The standard InChI is InChI=1S/C20H20N2O2/c23-20(18-6-3-7-19-17(18)12-13-21-19)22-14-8-10-16(11-9-14)24-15-4-1-2-5-15/h3,6-13,15,21H,1-2,4-5H2,(H,22,23). The normalized spacial score (nSPS) is 14.8. The summed E-state index contributed by atoms with van der Waals surface area (Å²) in [7, 11) is 0. The van der Waals surface area contributed by atoms with Gasteiger partial charge in [0, 0.05) is 28.4 Å². The number of hydrogen-bond donors (Lipinski definition) is 2. The number of ether oxygens (including phenoxy) is 1. The molecule has 122 valence electrons. The lowest BCUT2D eigenvalue weighted by Crippen LogP contribution is -2.13.